The third-order valence-corrected chi connectivity index (χ3v) is 5.05. The number of hydrogen-bond donors (Lipinski definition) is 1. The number of ether oxygens (including phenoxy) is 5. The second kappa shape index (κ2) is 22.0. The van der Waals surface area contributed by atoms with Crippen molar-refractivity contribution in [3.63, 3.8) is 0 Å². The van der Waals surface area contributed by atoms with E-state index >= 15 is 0 Å². The second-order valence-electron chi connectivity index (χ2n) is 7.96. The molecule has 1 atom stereocenters. The predicted molar refractivity (Wildman–Crippen MR) is 133 cm³/mol. The molecular weight excluding hydrogens is 465 g/mol. The van der Waals surface area contributed by atoms with Gasteiger partial charge in [-0.05, 0) is 57.2 Å². The molecule has 0 amide bonds. The predicted octanol–water partition coefficient (Wildman–Crippen LogP) is 4.99. The summed E-state index contributed by atoms with van der Waals surface area (Å²) in [5, 5.41) is 0. The highest BCUT2D eigenvalue weighted by atomic mass is 35.5. The molecule has 0 radical (unpaired) electrons. The van der Waals surface area contributed by atoms with E-state index in [2.05, 4.69) is 4.74 Å². The van der Waals surface area contributed by atoms with E-state index in [0.29, 0.717) is 57.4 Å². The van der Waals surface area contributed by atoms with Gasteiger partial charge < -0.3 is 29.4 Å². The van der Waals surface area contributed by atoms with Gasteiger partial charge in [0.2, 0.25) is 0 Å². The van der Waals surface area contributed by atoms with Gasteiger partial charge >= 0.3 is 5.97 Å². The van der Waals surface area contributed by atoms with Gasteiger partial charge in [-0.3, -0.25) is 4.79 Å². The Balaban J connectivity index is 0.0000109. The summed E-state index contributed by atoms with van der Waals surface area (Å²) in [7, 11) is 1.41. The van der Waals surface area contributed by atoms with Crippen LogP contribution in [0.25, 0.3) is 0 Å². The summed E-state index contributed by atoms with van der Waals surface area (Å²) in [5.41, 5.74) is 6.24. The topological polar surface area (TPSA) is 89.2 Å². The molecule has 34 heavy (non-hydrogen) atoms. The first-order valence-corrected chi connectivity index (χ1v) is 12.0. The molecule has 1 rings (SSSR count). The van der Waals surface area contributed by atoms with E-state index < -0.39 is 0 Å². The van der Waals surface area contributed by atoms with Crippen molar-refractivity contribution in [3.05, 3.63) is 29.6 Å². The third kappa shape index (κ3) is 17.1. The van der Waals surface area contributed by atoms with Gasteiger partial charge in [-0.15, -0.1) is 12.4 Å². The van der Waals surface area contributed by atoms with Crippen molar-refractivity contribution in [1.29, 1.82) is 0 Å². The molecule has 0 fully saturated rings. The number of carbonyl (C=O) groups excluding carboxylic acids is 1. The van der Waals surface area contributed by atoms with E-state index in [1.807, 2.05) is 0 Å². The quantitative estimate of drug-likeness (QED) is 0.185. The number of esters is 1. The molecule has 0 saturated carbocycles. The Bertz CT molecular complexity index is 635. The lowest BCUT2D eigenvalue weighted by atomic mass is 10.1. The first-order chi connectivity index (χ1) is 16.0. The Labute approximate surface area is 210 Å². The zero-order valence-corrected chi connectivity index (χ0v) is 21.5. The molecule has 0 aromatic heterocycles. The van der Waals surface area contributed by atoms with Crippen LogP contribution in [0.5, 0.6) is 5.75 Å². The molecule has 0 bridgehead atoms. The standard InChI is InChI=1S/C25H42FNO6.ClH/c1-21(27)23-20-22(11-12-24(23)26)33-15-9-4-3-7-13-30-16-18-32-19-17-31-14-8-5-6-10-25(28)29-2;/h11-12,20-21H,3-10,13-19,27H2,1-2H3;1H/t21-;/m1./s1. The molecular formula is C25H43ClFNO6. The fraction of sp³-hybridized carbons (Fsp3) is 0.720. The molecule has 1 aromatic rings. The minimum atomic E-state index is -0.353. The fourth-order valence-corrected chi connectivity index (χ4v) is 3.10. The van der Waals surface area contributed by atoms with Crippen molar-refractivity contribution in [3.8, 4) is 5.75 Å². The molecule has 1 aromatic carbocycles. The number of carbonyl (C=O) groups is 1. The van der Waals surface area contributed by atoms with Crippen LogP contribution in [0.15, 0.2) is 18.2 Å². The first-order valence-electron chi connectivity index (χ1n) is 12.0. The summed E-state index contributed by atoms with van der Waals surface area (Å²) in [6.07, 6.45) is 7.29. The van der Waals surface area contributed by atoms with Crippen LogP contribution in [0.1, 0.15) is 69.9 Å². The van der Waals surface area contributed by atoms with Gasteiger partial charge in [-0.1, -0.05) is 12.8 Å². The number of nitrogens with two attached hydrogens (primary N) is 1. The average molecular weight is 508 g/mol. The van der Waals surface area contributed by atoms with Crippen molar-refractivity contribution in [2.45, 2.75) is 64.3 Å². The van der Waals surface area contributed by atoms with Crippen LogP contribution < -0.4 is 10.5 Å². The number of hydrogen-bond acceptors (Lipinski definition) is 7. The summed E-state index contributed by atoms with van der Waals surface area (Å²) in [5.74, 6) is 0.209. The van der Waals surface area contributed by atoms with Crippen LogP contribution in [-0.2, 0) is 23.7 Å². The first kappa shape index (κ1) is 32.5. The van der Waals surface area contributed by atoms with E-state index in [1.165, 1.54) is 13.2 Å². The highest BCUT2D eigenvalue weighted by Crippen LogP contribution is 2.21. The van der Waals surface area contributed by atoms with Gasteiger partial charge in [0.15, 0.2) is 0 Å². The maximum Gasteiger partial charge on any atom is 0.305 e. The van der Waals surface area contributed by atoms with E-state index in [9.17, 15) is 9.18 Å². The number of halogens is 2. The number of rotatable bonds is 21. The Morgan fingerprint density at radius 3 is 1.94 bits per heavy atom. The van der Waals surface area contributed by atoms with E-state index in [-0.39, 0.29) is 30.2 Å². The van der Waals surface area contributed by atoms with E-state index in [1.54, 1.807) is 19.1 Å². The highest BCUT2D eigenvalue weighted by molar-refractivity contribution is 5.85. The minimum absolute atomic E-state index is 0. The van der Waals surface area contributed by atoms with Crippen LogP contribution >= 0.6 is 12.4 Å². The molecule has 7 nitrogen and oxygen atoms in total. The van der Waals surface area contributed by atoms with Crippen molar-refractivity contribution < 1.29 is 32.9 Å². The lowest BCUT2D eigenvalue weighted by Gasteiger charge is -2.11. The minimum Gasteiger partial charge on any atom is -0.494 e. The summed E-state index contributed by atoms with van der Waals surface area (Å²) in [6, 6.07) is 4.37. The van der Waals surface area contributed by atoms with E-state index in [4.69, 9.17) is 24.7 Å². The van der Waals surface area contributed by atoms with Crippen LogP contribution in [-0.4, -0.2) is 59.3 Å². The van der Waals surface area contributed by atoms with Crippen molar-refractivity contribution in [2.24, 2.45) is 5.73 Å². The average Bonchev–Trinajstić information content (AvgIpc) is 2.81. The molecule has 0 saturated heterocycles. The molecule has 0 spiro atoms. The molecule has 198 valence electrons. The molecule has 0 aliphatic rings. The van der Waals surface area contributed by atoms with E-state index in [0.717, 1.165) is 51.6 Å². The van der Waals surface area contributed by atoms with Crippen molar-refractivity contribution in [2.75, 3.05) is 53.4 Å². The second-order valence-corrected chi connectivity index (χ2v) is 7.96. The molecule has 0 unspecified atom stereocenters. The maximum absolute atomic E-state index is 13.6. The van der Waals surface area contributed by atoms with Crippen LogP contribution in [0.2, 0.25) is 0 Å². The molecule has 9 heteroatoms. The summed E-state index contributed by atoms with van der Waals surface area (Å²) in [4.78, 5) is 11.0. The van der Waals surface area contributed by atoms with Gasteiger partial charge in [-0.25, -0.2) is 4.39 Å². The molecule has 0 aliphatic heterocycles. The van der Waals surface area contributed by atoms with Crippen molar-refractivity contribution in [1.82, 2.24) is 0 Å². The Kier molecular flexibility index (Phi) is 21.1. The summed E-state index contributed by atoms with van der Waals surface area (Å²) >= 11 is 0. The molecule has 0 heterocycles. The fourth-order valence-electron chi connectivity index (χ4n) is 3.10. The summed E-state index contributed by atoms with van der Waals surface area (Å²) < 4.78 is 40.5. The smallest absolute Gasteiger partial charge is 0.305 e. The zero-order chi connectivity index (χ0) is 24.2. The Hall–Kier alpha value is -1.45. The van der Waals surface area contributed by atoms with Crippen LogP contribution in [0.4, 0.5) is 4.39 Å². The zero-order valence-electron chi connectivity index (χ0n) is 20.7. The van der Waals surface area contributed by atoms with Crippen LogP contribution in [0, 0.1) is 5.82 Å². The lowest BCUT2D eigenvalue weighted by molar-refractivity contribution is -0.140. The third-order valence-electron chi connectivity index (χ3n) is 5.05. The molecule has 0 aliphatic carbocycles. The lowest BCUT2D eigenvalue weighted by Crippen LogP contribution is -2.10. The van der Waals surface area contributed by atoms with Gasteiger partial charge in [0.05, 0.1) is 40.1 Å². The van der Waals surface area contributed by atoms with Gasteiger partial charge in [0, 0.05) is 31.2 Å². The number of benzene rings is 1. The summed E-state index contributed by atoms with van der Waals surface area (Å²) in [6.45, 7) is 6.06. The highest BCUT2D eigenvalue weighted by Gasteiger charge is 2.08. The number of unbranched alkanes of at least 4 members (excludes halogenated alkanes) is 5. The SMILES string of the molecule is COC(=O)CCCCCOCCOCCOCCCCCCOc1ccc(F)c([C@@H](C)N)c1.Cl. The Morgan fingerprint density at radius 1 is 0.853 bits per heavy atom. The van der Waals surface area contributed by atoms with Crippen molar-refractivity contribution >= 4 is 18.4 Å². The number of methoxy groups -OCH3 is 1. The largest absolute Gasteiger partial charge is 0.494 e. The van der Waals surface area contributed by atoms with Crippen LogP contribution in [0.3, 0.4) is 0 Å². The van der Waals surface area contributed by atoms with Gasteiger partial charge in [0.1, 0.15) is 11.6 Å². The normalized spacial score (nSPS) is 11.6. The maximum atomic E-state index is 13.6. The van der Waals surface area contributed by atoms with Gasteiger partial charge in [0.25, 0.3) is 0 Å². The van der Waals surface area contributed by atoms with Gasteiger partial charge in [-0.2, -0.15) is 0 Å². The molecule has 2 N–H and O–H groups in total. The monoisotopic (exact) mass is 507 g/mol. The Morgan fingerprint density at radius 2 is 1.38 bits per heavy atom.